The Morgan fingerprint density at radius 3 is 2.38 bits per heavy atom. The summed E-state index contributed by atoms with van der Waals surface area (Å²) in [6.07, 6.45) is 0. The first-order chi connectivity index (χ1) is 12.6. The summed E-state index contributed by atoms with van der Waals surface area (Å²) in [4.78, 5) is 17.6. The van der Waals surface area contributed by atoms with E-state index in [4.69, 9.17) is 11.6 Å². The van der Waals surface area contributed by atoms with Gasteiger partial charge in [0.25, 0.3) is 0 Å². The zero-order chi connectivity index (χ0) is 18.1. The van der Waals surface area contributed by atoms with Crippen LogP contribution >= 0.6 is 11.6 Å². The molecule has 0 aliphatic rings. The van der Waals surface area contributed by atoms with Crippen LogP contribution in [0.3, 0.4) is 0 Å². The Labute approximate surface area is 155 Å². The Morgan fingerprint density at radius 2 is 1.62 bits per heavy atom. The number of ketones is 1. The van der Waals surface area contributed by atoms with Gasteiger partial charge in [0, 0.05) is 21.7 Å². The molecule has 0 aliphatic carbocycles. The van der Waals surface area contributed by atoms with E-state index in [1.165, 1.54) is 0 Å². The van der Waals surface area contributed by atoms with E-state index in [-0.39, 0.29) is 5.78 Å². The molecule has 126 valence electrons. The molecule has 5 heteroatoms. The molecule has 0 radical (unpaired) electrons. The minimum Gasteiger partial charge on any atom is -0.289 e. The van der Waals surface area contributed by atoms with Gasteiger partial charge in [-0.1, -0.05) is 41.4 Å². The van der Waals surface area contributed by atoms with Gasteiger partial charge < -0.3 is 0 Å². The van der Waals surface area contributed by atoms with Crippen LogP contribution in [-0.4, -0.2) is 21.0 Å². The average Bonchev–Trinajstić information content (AvgIpc) is 2.67. The molecule has 4 nitrogen and oxygen atoms in total. The molecule has 0 unspecified atom stereocenters. The monoisotopic (exact) mass is 359 g/mol. The van der Waals surface area contributed by atoms with Crippen molar-refractivity contribution in [3.05, 3.63) is 88.4 Å². The van der Waals surface area contributed by atoms with Crippen LogP contribution in [0.25, 0.3) is 22.4 Å². The van der Waals surface area contributed by atoms with Gasteiger partial charge in [0.15, 0.2) is 11.6 Å². The first kappa shape index (κ1) is 16.4. The molecule has 3 aromatic carbocycles. The quantitative estimate of drug-likeness (QED) is 0.489. The standard InChI is InChI=1S/C21H14ClN3O/c1-13-6-11-16(20(26)14-7-9-15(22)10-8-14)17(12-13)21-23-18-4-2-3-5-19(18)24-25-21/h2-12H,1H3. The van der Waals surface area contributed by atoms with E-state index in [1.807, 2.05) is 43.3 Å². The number of benzene rings is 3. The van der Waals surface area contributed by atoms with E-state index >= 15 is 0 Å². The second kappa shape index (κ2) is 6.65. The maximum atomic E-state index is 13.0. The fourth-order valence-electron chi connectivity index (χ4n) is 2.79. The number of nitrogens with zero attached hydrogens (tertiary/aromatic N) is 3. The highest BCUT2D eigenvalue weighted by Crippen LogP contribution is 2.25. The van der Waals surface area contributed by atoms with E-state index in [0.29, 0.717) is 27.5 Å². The summed E-state index contributed by atoms with van der Waals surface area (Å²) in [5, 5.41) is 9.06. The largest absolute Gasteiger partial charge is 0.289 e. The minimum atomic E-state index is -0.103. The molecule has 0 N–H and O–H groups in total. The van der Waals surface area contributed by atoms with Crippen LogP contribution in [0.15, 0.2) is 66.7 Å². The topological polar surface area (TPSA) is 55.7 Å². The Bertz CT molecular complexity index is 1120. The summed E-state index contributed by atoms with van der Waals surface area (Å²) >= 11 is 5.93. The number of aromatic nitrogens is 3. The highest BCUT2D eigenvalue weighted by molar-refractivity contribution is 6.30. The van der Waals surface area contributed by atoms with Crippen LogP contribution in [0.5, 0.6) is 0 Å². The highest BCUT2D eigenvalue weighted by Gasteiger charge is 2.17. The van der Waals surface area contributed by atoms with Crippen molar-refractivity contribution >= 4 is 28.4 Å². The SMILES string of the molecule is Cc1ccc(C(=O)c2ccc(Cl)cc2)c(-c2nnc3ccccc3n2)c1. The third kappa shape index (κ3) is 3.07. The van der Waals surface area contributed by atoms with Gasteiger partial charge >= 0.3 is 0 Å². The maximum Gasteiger partial charge on any atom is 0.193 e. The number of fused-ring (bicyclic) bond motifs is 1. The van der Waals surface area contributed by atoms with Crippen molar-refractivity contribution in [2.45, 2.75) is 6.92 Å². The Balaban J connectivity index is 1.86. The van der Waals surface area contributed by atoms with Crippen LogP contribution in [0.2, 0.25) is 5.02 Å². The zero-order valence-electron chi connectivity index (χ0n) is 14.0. The highest BCUT2D eigenvalue weighted by atomic mass is 35.5. The Morgan fingerprint density at radius 1 is 0.885 bits per heavy atom. The molecule has 0 fully saturated rings. The Hall–Kier alpha value is -3.11. The number of aryl methyl sites for hydroxylation is 1. The van der Waals surface area contributed by atoms with Crippen LogP contribution < -0.4 is 0 Å². The number of hydrogen-bond acceptors (Lipinski definition) is 4. The molecule has 0 amide bonds. The first-order valence-corrected chi connectivity index (χ1v) is 8.50. The molecule has 26 heavy (non-hydrogen) atoms. The third-order valence-corrected chi connectivity index (χ3v) is 4.38. The van der Waals surface area contributed by atoms with Crippen molar-refractivity contribution in [2.24, 2.45) is 0 Å². The number of carbonyl (C=O) groups excluding carboxylic acids is 1. The lowest BCUT2D eigenvalue weighted by molar-refractivity contribution is 0.103. The summed E-state index contributed by atoms with van der Waals surface area (Å²) in [5.41, 5.74) is 4.24. The fraction of sp³-hybridized carbons (Fsp3) is 0.0476. The first-order valence-electron chi connectivity index (χ1n) is 8.12. The molecule has 0 spiro atoms. The summed E-state index contributed by atoms with van der Waals surface area (Å²) in [7, 11) is 0. The third-order valence-electron chi connectivity index (χ3n) is 4.13. The molecular formula is C21H14ClN3O. The predicted octanol–water partition coefficient (Wildman–Crippen LogP) is 4.88. The second-order valence-electron chi connectivity index (χ2n) is 6.01. The van der Waals surface area contributed by atoms with Crippen LogP contribution in [-0.2, 0) is 0 Å². The number of halogens is 1. The normalized spacial score (nSPS) is 10.8. The van der Waals surface area contributed by atoms with Gasteiger partial charge in [0.05, 0.1) is 5.52 Å². The number of para-hydroxylation sites is 1. The van der Waals surface area contributed by atoms with E-state index in [0.717, 1.165) is 16.6 Å². The van der Waals surface area contributed by atoms with Crippen molar-refractivity contribution in [3.8, 4) is 11.4 Å². The van der Waals surface area contributed by atoms with Crippen molar-refractivity contribution in [1.29, 1.82) is 0 Å². The van der Waals surface area contributed by atoms with Crippen molar-refractivity contribution in [3.63, 3.8) is 0 Å². The van der Waals surface area contributed by atoms with Crippen LogP contribution in [0.1, 0.15) is 21.5 Å². The summed E-state index contributed by atoms with van der Waals surface area (Å²) in [6, 6.07) is 20.0. The smallest absolute Gasteiger partial charge is 0.193 e. The molecule has 0 atom stereocenters. The number of hydrogen-bond donors (Lipinski definition) is 0. The molecule has 0 aliphatic heterocycles. The second-order valence-corrected chi connectivity index (χ2v) is 6.45. The molecule has 0 saturated carbocycles. The summed E-state index contributed by atoms with van der Waals surface area (Å²) in [6.45, 7) is 1.97. The molecule has 1 heterocycles. The molecule has 0 bridgehead atoms. The molecule has 4 rings (SSSR count). The maximum absolute atomic E-state index is 13.0. The van der Waals surface area contributed by atoms with Gasteiger partial charge in [0.1, 0.15) is 5.52 Å². The lowest BCUT2D eigenvalue weighted by Crippen LogP contribution is -2.06. The van der Waals surface area contributed by atoms with Crippen molar-refractivity contribution in [1.82, 2.24) is 15.2 Å². The Kier molecular flexibility index (Phi) is 4.19. The fourth-order valence-corrected chi connectivity index (χ4v) is 2.92. The molecule has 4 aromatic rings. The molecule has 1 aromatic heterocycles. The van der Waals surface area contributed by atoms with Gasteiger partial charge in [-0.3, -0.25) is 4.79 Å². The summed E-state index contributed by atoms with van der Waals surface area (Å²) < 4.78 is 0. The lowest BCUT2D eigenvalue weighted by Gasteiger charge is -2.09. The zero-order valence-corrected chi connectivity index (χ0v) is 14.7. The lowest BCUT2D eigenvalue weighted by atomic mass is 9.96. The number of rotatable bonds is 3. The van der Waals surface area contributed by atoms with Gasteiger partial charge in [-0.2, -0.15) is 0 Å². The average molecular weight is 360 g/mol. The van der Waals surface area contributed by atoms with Crippen LogP contribution in [0.4, 0.5) is 0 Å². The predicted molar refractivity (Wildman–Crippen MR) is 102 cm³/mol. The van der Waals surface area contributed by atoms with Gasteiger partial charge in [-0.25, -0.2) is 4.98 Å². The van der Waals surface area contributed by atoms with Crippen LogP contribution in [0, 0.1) is 6.92 Å². The van der Waals surface area contributed by atoms with E-state index in [9.17, 15) is 4.79 Å². The van der Waals surface area contributed by atoms with Gasteiger partial charge in [-0.15, -0.1) is 10.2 Å². The van der Waals surface area contributed by atoms with Crippen molar-refractivity contribution < 1.29 is 4.79 Å². The van der Waals surface area contributed by atoms with E-state index < -0.39 is 0 Å². The van der Waals surface area contributed by atoms with Gasteiger partial charge in [-0.05, 0) is 49.4 Å². The summed E-state index contributed by atoms with van der Waals surface area (Å²) in [5.74, 6) is 0.332. The molecular weight excluding hydrogens is 346 g/mol. The van der Waals surface area contributed by atoms with Crippen molar-refractivity contribution in [2.75, 3.05) is 0 Å². The van der Waals surface area contributed by atoms with Gasteiger partial charge in [0.2, 0.25) is 0 Å². The number of carbonyl (C=O) groups is 1. The van der Waals surface area contributed by atoms with E-state index in [1.54, 1.807) is 30.3 Å². The minimum absolute atomic E-state index is 0.103. The van der Waals surface area contributed by atoms with E-state index in [2.05, 4.69) is 15.2 Å². The molecule has 0 saturated heterocycles.